The molecule has 4 nitrogen and oxygen atoms in total. The molecule has 0 aliphatic rings. The van der Waals surface area contributed by atoms with E-state index in [4.69, 9.17) is 5.84 Å². The second-order valence-corrected chi connectivity index (χ2v) is 4.64. The van der Waals surface area contributed by atoms with Crippen molar-refractivity contribution >= 4 is 0 Å². The Morgan fingerprint density at radius 2 is 2.25 bits per heavy atom. The van der Waals surface area contributed by atoms with Gasteiger partial charge in [0.15, 0.2) is 0 Å². The standard InChI is InChI=1S/C12H24N4/c1-5-6-9(2)12(14-13)8-11-7-10(3)15-16(11)4/h7,9,12,14H,5-6,8,13H2,1-4H3. The van der Waals surface area contributed by atoms with E-state index >= 15 is 0 Å². The maximum atomic E-state index is 5.63. The molecule has 0 saturated heterocycles. The summed E-state index contributed by atoms with van der Waals surface area (Å²) >= 11 is 0. The van der Waals surface area contributed by atoms with Gasteiger partial charge in [0.2, 0.25) is 0 Å². The minimum atomic E-state index is 0.328. The molecule has 0 spiro atoms. The Labute approximate surface area is 98.2 Å². The van der Waals surface area contributed by atoms with Crippen molar-refractivity contribution in [2.24, 2.45) is 18.8 Å². The third-order valence-electron chi connectivity index (χ3n) is 3.17. The normalized spacial score (nSPS) is 15.1. The van der Waals surface area contributed by atoms with Crippen molar-refractivity contribution in [3.8, 4) is 0 Å². The van der Waals surface area contributed by atoms with Gasteiger partial charge in [0.25, 0.3) is 0 Å². The van der Waals surface area contributed by atoms with Crippen LogP contribution in [0.15, 0.2) is 6.07 Å². The Balaban J connectivity index is 2.66. The Morgan fingerprint density at radius 3 is 2.69 bits per heavy atom. The molecule has 0 aromatic carbocycles. The summed E-state index contributed by atoms with van der Waals surface area (Å²) in [6.45, 7) is 6.47. The van der Waals surface area contributed by atoms with Crippen molar-refractivity contribution in [3.05, 3.63) is 17.5 Å². The molecule has 0 aliphatic heterocycles. The van der Waals surface area contributed by atoms with Gasteiger partial charge in [0.1, 0.15) is 0 Å². The van der Waals surface area contributed by atoms with Gasteiger partial charge in [-0.3, -0.25) is 16.0 Å². The summed E-state index contributed by atoms with van der Waals surface area (Å²) < 4.78 is 1.94. The fourth-order valence-electron chi connectivity index (χ4n) is 2.16. The van der Waals surface area contributed by atoms with E-state index < -0.39 is 0 Å². The number of hydrazine groups is 1. The van der Waals surface area contributed by atoms with E-state index in [-0.39, 0.29) is 0 Å². The molecule has 16 heavy (non-hydrogen) atoms. The molecule has 0 amide bonds. The Bertz CT molecular complexity index is 319. The average Bonchev–Trinajstić information content (AvgIpc) is 2.54. The summed E-state index contributed by atoms with van der Waals surface area (Å²) in [5, 5.41) is 4.35. The van der Waals surface area contributed by atoms with E-state index in [1.54, 1.807) is 0 Å². The number of hydrogen-bond acceptors (Lipinski definition) is 3. The first-order chi connectivity index (χ1) is 7.58. The Morgan fingerprint density at radius 1 is 1.56 bits per heavy atom. The van der Waals surface area contributed by atoms with E-state index in [2.05, 4.69) is 30.4 Å². The van der Waals surface area contributed by atoms with Crippen molar-refractivity contribution in [1.29, 1.82) is 0 Å². The summed E-state index contributed by atoms with van der Waals surface area (Å²) in [7, 11) is 1.99. The molecule has 1 heterocycles. The second kappa shape index (κ2) is 6.01. The number of hydrogen-bond donors (Lipinski definition) is 2. The van der Waals surface area contributed by atoms with Gasteiger partial charge in [-0.15, -0.1) is 0 Å². The molecule has 4 heteroatoms. The maximum Gasteiger partial charge on any atom is 0.0596 e. The van der Waals surface area contributed by atoms with Crippen LogP contribution in [-0.2, 0) is 13.5 Å². The lowest BCUT2D eigenvalue weighted by Crippen LogP contribution is -2.41. The van der Waals surface area contributed by atoms with E-state index in [1.807, 2.05) is 18.7 Å². The van der Waals surface area contributed by atoms with Gasteiger partial charge < -0.3 is 0 Å². The highest BCUT2D eigenvalue weighted by Crippen LogP contribution is 2.15. The molecule has 0 bridgehead atoms. The zero-order valence-electron chi connectivity index (χ0n) is 10.8. The molecule has 1 aromatic rings. The number of rotatable bonds is 6. The van der Waals surface area contributed by atoms with Gasteiger partial charge in [-0.05, 0) is 25.3 Å². The Hall–Kier alpha value is -0.870. The summed E-state index contributed by atoms with van der Waals surface area (Å²) in [4.78, 5) is 0. The Kier molecular flexibility index (Phi) is 4.96. The predicted molar refractivity (Wildman–Crippen MR) is 66.8 cm³/mol. The first-order valence-corrected chi connectivity index (χ1v) is 6.04. The fraction of sp³-hybridized carbons (Fsp3) is 0.750. The molecule has 0 aliphatic carbocycles. The fourth-order valence-corrected chi connectivity index (χ4v) is 2.16. The van der Waals surface area contributed by atoms with Gasteiger partial charge in [0, 0.05) is 25.2 Å². The van der Waals surface area contributed by atoms with Crippen LogP contribution in [0.2, 0.25) is 0 Å². The van der Waals surface area contributed by atoms with E-state index in [0.29, 0.717) is 12.0 Å². The van der Waals surface area contributed by atoms with Crippen LogP contribution in [0.1, 0.15) is 38.1 Å². The minimum absolute atomic E-state index is 0.328. The summed E-state index contributed by atoms with van der Waals surface area (Å²) in [6.07, 6.45) is 3.34. The molecular formula is C12H24N4. The molecule has 3 N–H and O–H groups in total. The molecular weight excluding hydrogens is 200 g/mol. The van der Waals surface area contributed by atoms with Crippen LogP contribution < -0.4 is 11.3 Å². The molecule has 2 atom stereocenters. The average molecular weight is 224 g/mol. The zero-order valence-corrected chi connectivity index (χ0v) is 10.8. The predicted octanol–water partition coefficient (Wildman–Crippen LogP) is 1.54. The van der Waals surface area contributed by atoms with Crippen molar-refractivity contribution in [3.63, 3.8) is 0 Å². The number of aryl methyl sites for hydroxylation is 2. The monoisotopic (exact) mass is 224 g/mol. The van der Waals surface area contributed by atoms with Crippen LogP contribution in [-0.4, -0.2) is 15.8 Å². The minimum Gasteiger partial charge on any atom is -0.272 e. The highest BCUT2D eigenvalue weighted by atomic mass is 15.3. The van der Waals surface area contributed by atoms with Crippen molar-refractivity contribution in [2.75, 3.05) is 0 Å². The topological polar surface area (TPSA) is 55.9 Å². The van der Waals surface area contributed by atoms with Crippen LogP contribution in [0.4, 0.5) is 0 Å². The first kappa shape index (κ1) is 13.2. The zero-order chi connectivity index (χ0) is 12.1. The SMILES string of the molecule is CCCC(C)C(Cc1cc(C)nn1C)NN. The summed E-state index contributed by atoms with van der Waals surface area (Å²) in [5.74, 6) is 6.22. The number of nitrogens with zero attached hydrogens (tertiary/aromatic N) is 2. The highest BCUT2D eigenvalue weighted by Gasteiger charge is 2.17. The lowest BCUT2D eigenvalue weighted by molar-refractivity contribution is 0.351. The molecule has 92 valence electrons. The molecule has 0 saturated carbocycles. The summed E-state index contributed by atoms with van der Waals surface area (Å²) in [5.41, 5.74) is 5.24. The second-order valence-electron chi connectivity index (χ2n) is 4.64. The van der Waals surface area contributed by atoms with Gasteiger partial charge in [-0.1, -0.05) is 20.3 Å². The number of nitrogens with one attached hydrogen (secondary N) is 1. The largest absolute Gasteiger partial charge is 0.272 e. The lowest BCUT2D eigenvalue weighted by atomic mass is 9.94. The van der Waals surface area contributed by atoms with Crippen LogP contribution >= 0.6 is 0 Å². The van der Waals surface area contributed by atoms with Gasteiger partial charge in [-0.25, -0.2) is 0 Å². The van der Waals surface area contributed by atoms with Crippen molar-refractivity contribution in [1.82, 2.24) is 15.2 Å². The summed E-state index contributed by atoms with van der Waals surface area (Å²) in [6, 6.07) is 2.46. The van der Waals surface area contributed by atoms with Crippen molar-refractivity contribution in [2.45, 2.75) is 46.1 Å². The maximum absolute atomic E-state index is 5.63. The smallest absolute Gasteiger partial charge is 0.0596 e. The van der Waals surface area contributed by atoms with Crippen LogP contribution in [0.5, 0.6) is 0 Å². The van der Waals surface area contributed by atoms with Crippen molar-refractivity contribution < 1.29 is 0 Å². The van der Waals surface area contributed by atoms with Crippen LogP contribution in [0, 0.1) is 12.8 Å². The van der Waals surface area contributed by atoms with Crippen LogP contribution in [0.3, 0.4) is 0 Å². The molecule has 2 unspecified atom stereocenters. The molecule has 1 aromatic heterocycles. The van der Waals surface area contributed by atoms with Crippen LogP contribution in [0.25, 0.3) is 0 Å². The van der Waals surface area contributed by atoms with E-state index in [0.717, 1.165) is 12.1 Å². The van der Waals surface area contributed by atoms with Gasteiger partial charge in [0.05, 0.1) is 5.69 Å². The molecule has 0 fully saturated rings. The molecule has 0 radical (unpaired) electrons. The third-order valence-corrected chi connectivity index (χ3v) is 3.17. The number of nitrogens with two attached hydrogens (primary N) is 1. The third kappa shape index (κ3) is 3.32. The lowest BCUT2D eigenvalue weighted by Gasteiger charge is -2.22. The van der Waals surface area contributed by atoms with E-state index in [1.165, 1.54) is 18.5 Å². The van der Waals surface area contributed by atoms with Gasteiger partial charge in [-0.2, -0.15) is 5.10 Å². The van der Waals surface area contributed by atoms with Gasteiger partial charge >= 0.3 is 0 Å². The first-order valence-electron chi connectivity index (χ1n) is 6.04. The number of aromatic nitrogens is 2. The highest BCUT2D eigenvalue weighted by molar-refractivity contribution is 5.10. The quantitative estimate of drug-likeness (QED) is 0.569. The van der Waals surface area contributed by atoms with E-state index in [9.17, 15) is 0 Å². The molecule has 1 rings (SSSR count).